The molecule has 0 aliphatic heterocycles. The van der Waals surface area contributed by atoms with Crippen molar-refractivity contribution in [1.29, 1.82) is 0 Å². The second-order valence-corrected chi connectivity index (χ2v) is 4.41. The lowest BCUT2D eigenvalue weighted by Crippen LogP contribution is -2.33. The van der Waals surface area contributed by atoms with Crippen molar-refractivity contribution in [2.75, 3.05) is 13.1 Å². The maximum absolute atomic E-state index is 11.6. The highest BCUT2D eigenvalue weighted by Gasteiger charge is 2.22. The van der Waals surface area contributed by atoms with E-state index in [4.69, 9.17) is 5.73 Å². The van der Waals surface area contributed by atoms with Gasteiger partial charge in [-0.2, -0.15) is 0 Å². The van der Waals surface area contributed by atoms with Crippen LogP contribution in [0.15, 0.2) is 0 Å². The Morgan fingerprint density at radius 3 is 2.71 bits per heavy atom. The van der Waals surface area contributed by atoms with E-state index in [2.05, 4.69) is 12.2 Å². The zero-order valence-corrected chi connectivity index (χ0v) is 9.09. The third-order valence-corrected chi connectivity index (χ3v) is 3.01. The summed E-state index contributed by atoms with van der Waals surface area (Å²) in [4.78, 5) is 11.6. The summed E-state index contributed by atoms with van der Waals surface area (Å²) in [5.74, 6) is 1.05. The second kappa shape index (κ2) is 6.02. The molecule has 1 unspecified atom stereocenters. The third-order valence-electron chi connectivity index (χ3n) is 3.01. The van der Waals surface area contributed by atoms with Gasteiger partial charge in [0.2, 0.25) is 5.91 Å². The minimum Gasteiger partial charge on any atom is -0.356 e. The van der Waals surface area contributed by atoms with E-state index in [1.807, 2.05) is 0 Å². The minimum atomic E-state index is 0.256. The quantitative estimate of drug-likeness (QED) is 0.699. The van der Waals surface area contributed by atoms with Crippen LogP contribution in [0.5, 0.6) is 0 Å². The molecule has 1 saturated carbocycles. The monoisotopic (exact) mass is 198 g/mol. The van der Waals surface area contributed by atoms with E-state index in [1.54, 1.807) is 0 Å². The fourth-order valence-electron chi connectivity index (χ4n) is 1.99. The summed E-state index contributed by atoms with van der Waals surface area (Å²) >= 11 is 0. The van der Waals surface area contributed by atoms with Gasteiger partial charge in [-0.3, -0.25) is 4.79 Å². The van der Waals surface area contributed by atoms with E-state index in [0.717, 1.165) is 25.8 Å². The summed E-state index contributed by atoms with van der Waals surface area (Å²) in [5, 5.41) is 3.01. The molecule has 82 valence electrons. The van der Waals surface area contributed by atoms with Crippen LogP contribution in [0.4, 0.5) is 0 Å². The van der Waals surface area contributed by atoms with Crippen LogP contribution in [-0.4, -0.2) is 19.0 Å². The molecule has 1 aliphatic carbocycles. The van der Waals surface area contributed by atoms with Crippen LogP contribution in [0, 0.1) is 11.8 Å². The van der Waals surface area contributed by atoms with Crippen LogP contribution in [0.1, 0.15) is 39.0 Å². The first-order valence-electron chi connectivity index (χ1n) is 5.71. The highest BCUT2D eigenvalue weighted by atomic mass is 16.1. The maximum atomic E-state index is 11.6. The van der Waals surface area contributed by atoms with Crippen molar-refractivity contribution in [3.8, 4) is 0 Å². The first-order chi connectivity index (χ1) is 6.74. The first-order valence-corrected chi connectivity index (χ1v) is 5.71. The van der Waals surface area contributed by atoms with E-state index in [1.165, 1.54) is 12.8 Å². The second-order valence-electron chi connectivity index (χ2n) is 4.41. The van der Waals surface area contributed by atoms with Crippen molar-refractivity contribution < 1.29 is 4.79 Å². The van der Waals surface area contributed by atoms with Crippen molar-refractivity contribution >= 4 is 5.91 Å². The average Bonchev–Trinajstić information content (AvgIpc) is 2.67. The van der Waals surface area contributed by atoms with Crippen LogP contribution in [0.3, 0.4) is 0 Å². The van der Waals surface area contributed by atoms with Crippen LogP contribution >= 0.6 is 0 Å². The van der Waals surface area contributed by atoms with Gasteiger partial charge in [-0.25, -0.2) is 0 Å². The van der Waals surface area contributed by atoms with Crippen LogP contribution in [0.2, 0.25) is 0 Å². The fraction of sp³-hybridized carbons (Fsp3) is 0.909. The van der Waals surface area contributed by atoms with Gasteiger partial charge >= 0.3 is 0 Å². The van der Waals surface area contributed by atoms with Crippen molar-refractivity contribution in [2.45, 2.75) is 39.0 Å². The number of amides is 1. The SMILES string of the molecule is CC(CCN)CNC(=O)C1CCCC1. The Hall–Kier alpha value is -0.570. The molecule has 0 radical (unpaired) electrons. The number of nitrogens with one attached hydrogen (secondary N) is 1. The Morgan fingerprint density at radius 2 is 2.14 bits per heavy atom. The molecule has 14 heavy (non-hydrogen) atoms. The highest BCUT2D eigenvalue weighted by molar-refractivity contribution is 5.78. The normalized spacial score (nSPS) is 19.6. The molecular weight excluding hydrogens is 176 g/mol. The molecule has 3 N–H and O–H groups in total. The summed E-state index contributed by atoms with van der Waals surface area (Å²) < 4.78 is 0. The molecule has 1 atom stereocenters. The van der Waals surface area contributed by atoms with Crippen molar-refractivity contribution in [2.24, 2.45) is 17.6 Å². The number of nitrogens with two attached hydrogens (primary N) is 1. The van der Waals surface area contributed by atoms with E-state index in [0.29, 0.717) is 18.4 Å². The zero-order valence-electron chi connectivity index (χ0n) is 9.09. The molecule has 0 aromatic carbocycles. The first kappa shape index (κ1) is 11.5. The van der Waals surface area contributed by atoms with Crippen LogP contribution in [0.25, 0.3) is 0 Å². The van der Waals surface area contributed by atoms with Gasteiger partial charge in [-0.05, 0) is 31.7 Å². The largest absolute Gasteiger partial charge is 0.356 e. The van der Waals surface area contributed by atoms with Crippen LogP contribution in [-0.2, 0) is 4.79 Å². The molecule has 1 amide bonds. The molecule has 0 saturated heterocycles. The van der Waals surface area contributed by atoms with E-state index in [-0.39, 0.29) is 5.91 Å². The number of carbonyl (C=O) groups is 1. The molecule has 0 heterocycles. The summed E-state index contributed by atoms with van der Waals surface area (Å²) in [6, 6.07) is 0. The van der Waals surface area contributed by atoms with Gasteiger partial charge < -0.3 is 11.1 Å². The van der Waals surface area contributed by atoms with Gasteiger partial charge in [0.15, 0.2) is 0 Å². The minimum absolute atomic E-state index is 0.256. The Morgan fingerprint density at radius 1 is 1.50 bits per heavy atom. The lowest BCUT2D eigenvalue weighted by molar-refractivity contribution is -0.124. The zero-order chi connectivity index (χ0) is 10.4. The van der Waals surface area contributed by atoms with Gasteiger partial charge in [-0.1, -0.05) is 19.8 Å². The third kappa shape index (κ3) is 3.66. The topological polar surface area (TPSA) is 55.1 Å². The van der Waals surface area contributed by atoms with Gasteiger partial charge in [0.1, 0.15) is 0 Å². The van der Waals surface area contributed by atoms with Crippen molar-refractivity contribution in [1.82, 2.24) is 5.32 Å². The predicted molar refractivity (Wildman–Crippen MR) is 57.8 cm³/mol. The lowest BCUT2D eigenvalue weighted by Gasteiger charge is -2.14. The summed E-state index contributed by atoms with van der Waals surface area (Å²) in [6.45, 7) is 3.62. The van der Waals surface area contributed by atoms with E-state index < -0.39 is 0 Å². The molecule has 0 aromatic heterocycles. The number of hydrogen-bond acceptors (Lipinski definition) is 2. The van der Waals surface area contributed by atoms with Crippen molar-refractivity contribution in [3.63, 3.8) is 0 Å². The Labute approximate surface area is 86.4 Å². The Balaban J connectivity index is 2.13. The van der Waals surface area contributed by atoms with Crippen LogP contribution < -0.4 is 11.1 Å². The molecule has 3 heteroatoms. The van der Waals surface area contributed by atoms with Crippen molar-refractivity contribution in [3.05, 3.63) is 0 Å². The molecule has 3 nitrogen and oxygen atoms in total. The highest BCUT2D eigenvalue weighted by Crippen LogP contribution is 2.24. The standard InChI is InChI=1S/C11H22N2O/c1-9(6-7-12)8-13-11(14)10-4-2-3-5-10/h9-10H,2-8,12H2,1H3,(H,13,14). The fourth-order valence-corrected chi connectivity index (χ4v) is 1.99. The van der Waals surface area contributed by atoms with Gasteiger partial charge in [0, 0.05) is 12.5 Å². The summed E-state index contributed by atoms with van der Waals surface area (Å²) in [6.07, 6.45) is 5.59. The molecule has 1 aliphatic rings. The smallest absolute Gasteiger partial charge is 0.223 e. The van der Waals surface area contributed by atoms with Gasteiger partial charge in [-0.15, -0.1) is 0 Å². The van der Waals surface area contributed by atoms with Gasteiger partial charge in [0.05, 0.1) is 0 Å². The average molecular weight is 198 g/mol. The van der Waals surface area contributed by atoms with E-state index in [9.17, 15) is 4.79 Å². The predicted octanol–water partition coefficient (Wildman–Crippen LogP) is 1.28. The number of carbonyl (C=O) groups excluding carboxylic acids is 1. The molecule has 0 aromatic rings. The molecular formula is C11H22N2O. The molecule has 0 spiro atoms. The molecule has 1 rings (SSSR count). The lowest BCUT2D eigenvalue weighted by atomic mass is 10.1. The summed E-state index contributed by atoms with van der Waals surface area (Å²) in [5.41, 5.74) is 5.45. The Bertz CT molecular complexity index is 176. The Kier molecular flexibility index (Phi) is 4.94. The molecule has 0 bridgehead atoms. The van der Waals surface area contributed by atoms with Gasteiger partial charge in [0.25, 0.3) is 0 Å². The summed E-state index contributed by atoms with van der Waals surface area (Å²) in [7, 11) is 0. The number of hydrogen-bond donors (Lipinski definition) is 2. The van der Waals surface area contributed by atoms with E-state index >= 15 is 0 Å². The maximum Gasteiger partial charge on any atom is 0.223 e. The number of rotatable bonds is 5. The molecule has 1 fully saturated rings.